The van der Waals surface area contributed by atoms with Crippen LogP contribution in [0.3, 0.4) is 0 Å². The molecular weight excluding hydrogens is 378 g/mol. The molecule has 0 unspecified atom stereocenters. The van der Waals surface area contributed by atoms with Crippen molar-refractivity contribution in [3.8, 4) is 11.8 Å². The van der Waals surface area contributed by atoms with Crippen molar-refractivity contribution < 1.29 is 9.90 Å². The SMILES string of the molecule is CCCCCCCCCCCCCCCC(=O)Nc1ccn(CC#CCO)c(=O)n1. The van der Waals surface area contributed by atoms with Gasteiger partial charge in [0, 0.05) is 12.6 Å². The molecule has 0 atom stereocenters. The molecule has 1 amide bonds. The molecule has 0 aliphatic heterocycles. The summed E-state index contributed by atoms with van der Waals surface area (Å²) < 4.78 is 1.32. The summed E-state index contributed by atoms with van der Waals surface area (Å²) in [5, 5.41) is 11.3. The molecule has 0 radical (unpaired) electrons. The zero-order valence-electron chi connectivity index (χ0n) is 18.6. The zero-order chi connectivity index (χ0) is 21.9. The molecule has 2 N–H and O–H groups in total. The van der Waals surface area contributed by atoms with Crippen LogP contribution in [0.2, 0.25) is 0 Å². The highest BCUT2D eigenvalue weighted by Crippen LogP contribution is 2.13. The molecule has 1 aromatic heterocycles. The van der Waals surface area contributed by atoms with E-state index in [1.807, 2.05) is 0 Å². The molecule has 0 aliphatic rings. The number of aliphatic hydroxyl groups excluding tert-OH is 1. The lowest BCUT2D eigenvalue weighted by molar-refractivity contribution is -0.116. The van der Waals surface area contributed by atoms with Crippen LogP contribution >= 0.6 is 0 Å². The maximum absolute atomic E-state index is 12.0. The molecular formula is C24H39N3O3. The molecule has 0 aromatic carbocycles. The van der Waals surface area contributed by atoms with Crippen LogP contribution in [0.15, 0.2) is 17.1 Å². The van der Waals surface area contributed by atoms with Crippen LogP contribution in [-0.4, -0.2) is 27.2 Å². The first-order chi connectivity index (χ1) is 14.7. The third-order valence-electron chi connectivity index (χ3n) is 5.10. The Kier molecular flexibility index (Phi) is 15.3. The van der Waals surface area contributed by atoms with Gasteiger partial charge in [-0.3, -0.25) is 9.36 Å². The first kappa shape index (κ1) is 25.9. The minimum Gasteiger partial charge on any atom is -0.384 e. The van der Waals surface area contributed by atoms with Crippen molar-refractivity contribution in [2.24, 2.45) is 0 Å². The number of aliphatic hydroxyl groups is 1. The average molecular weight is 418 g/mol. The largest absolute Gasteiger partial charge is 0.384 e. The van der Waals surface area contributed by atoms with E-state index in [0.29, 0.717) is 6.42 Å². The van der Waals surface area contributed by atoms with Gasteiger partial charge in [-0.25, -0.2) is 4.79 Å². The fraction of sp³-hybridized carbons (Fsp3) is 0.708. The molecule has 0 spiro atoms. The van der Waals surface area contributed by atoms with E-state index >= 15 is 0 Å². The van der Waals surface area contributed by atoms with Gasteiger partial charge in [0.05, 0.1) is 6.54 Å². The minimum atomic E-state index is -0.471. The van der Waals surface area contributed by atoms with E-state index in [2.05, 4.69) is 29.1 Å². The normalized spacial score (nSPS) is 10.5. The summed E-state index contributed by atoms with van der Waals surface area (Å²) in [5.74, 6) is 5.29. The molecule has 1 heterocycles. The number of anilines is 1. The van der Waals surface area contributed by atoms with E-state index < -0.39 is 5.69 Å². The molecule has 0 saturated carbocycles. The lowest BCUT2D eigenvalue weighted by Crippen LogP contribution is -2.24. The lowest BCUT2D eigenvalue weighted by Gasteiger charge is -2.06. The Bertz CT molecular complexity index is 704. The van der Waals surface area contributed by atoms with Gasteiger partial charge in [-0.2, -0.15) is 4.98 Å². The summed E-state index contributed by atoms with van der Waals surface area (Å²) in [7, 11) is 0. The predicted octanol–water partition coefficient (Wildman–Crippen LogP) is 4.66. The van der Waals surface area contributed by atoms with Gasteiger partial charge in [-0.05, 0) is 12.5 Å². The molecule has 30 heavy (non-hydrogen) atoms. The van der Waals surface area contributed by atoms with Gasteiger partial charge in [0.25, 0.3) is 0 Å². The summed E-state index contributed by atoms with van der Waals surface area (Å²) >= 11 is 0. The van der Waals surface area contributed by atoms with Crippen molar-refractivity contribution in [3.63, 3.8) is 0 Å². The van der Waals surface area contributed by atoms with Crippen LogP contribution in [0.25, 0.3) is 0 Å². The number of unbranched alkanes of at least 4 members (excludes halogenated alkanes) is 12. The summed E-state index contributed by atoms with van der Waals surface area (Å²) in [6.07, 6.45) is 18.5. The van der Waals surface area contributed by atoms with Crippen molar-refractivity contribution in [1.82, 2.24) is 9.55 Å². The molecule has 0 bridgehead atoms. The third-order valence-corrected chi connectivity index (χ3v) is 5.10. The first-order valence-electron chi connectivity index (χ1n) is 11.6. The fourth-order valence-corrected chi connectivity index (χ4v) is 3.32. The molecule has 6 nitrogen and oxygen atoms in total. The third kappa shape index (κ3) is 13.2. The highest BCUT2D eigenvalue weighted by atomic mass is 16.2. The first-order valence-corrected chi connectivity index (χ1v) is 11.6. The van der Waals surface area contributed by atoms with Gasteiger partial charge < -0.3 is 10.4 Å². The monoisotopic (exact) mass is 417 g/mol. The van der Waals surface area contributed by atoms with E-state index in [4.69, 9.17) is 5.11 Å². The van der Waals surface area contributed by atoms with E-state index in [1.54, 1.807) is 12.3 Å². The number of hydrogen-bond donors (Lipinski definition) is 2. The second kappa shape index (κ2) is 17.7. The predicted molar refractivity (Wildman–Crippen MR) is 122 cm³/mol. The van der Waals surface area contributed by atoms with Crippen LogP contribution in [0.5, 0.6) is 0 Å². The summed E-state index contributed by atoms with van der Waals surface area (Å²) in [4.78, 5) is 27.7. The van der Waals surface area contributed by atoms with Gasteiger partial charge in [0.2, 0.25) is 5.91 Å². The van der Waals surface area contributed by atoms with E-state index in [-0.39, 0.29) is 24.9 Å². The second-order valence-corrected chi connectivity index (χ2v) is 7.78. The van der Waals surface area contributed by atoms with Crippen molar-refractivity contribution >= 4 is 11.7 Å². The van der Waals surface area contributed by atoms with Gasteiger partial charge in [0.15, 0.2) is 0 Å². The molecule has 1 rings (SSSR count). The number of aromatic nitrogens is 2. The molecule has 0 saturated heterocycles. The quantitative estimate of drug-likeness (QED) is 0.303. The smallest absolute Gasteiger partial charge is 0.350 e. The highest BCUT2D eigenvalue weighted by molar-refractivity contribution is 5.89. The maximum atomic E-state index is 12.0. The number of hydrogen-bond acceptors (Lipinski definition) is 4. The van der Waals surface area contributed by atoms with Crippen molar-refractivity contribution in [3.05, 3.63) is 22.7 Å². The number of amides is 1. The molecule has 6 heteroatoms. The maximum Gasteiger partial charge on any atom is 0.350 e. The van der Waals surface area contributed by atoms with Crippen LogP contribution < -0.4 is 11.0 Å². The summed E-state index contributed by atoms with van der Waals surface area (Å²) in [6, 6.07) is 1.59. The van der Waals surface area contributed by atoms with E-state index in [9.17, 15) is 9.59 Å². The number of rotatable bonds is 16. The Morgan fingerprint density at radius 1 is 0.967 bits per heavy atom. The summed E-state index contributed by atoms with van der Waals surface area (Å²) in [6.45, 7) is 2.18. The molecule has 168 valence electrons. The van der Waals surface area contributed by atoms with E-state index in [0.717, 1.165) is 12.8 Å². The molecule has 0 aliphatic carbocycles. The topological polar surface area (TPSA) is 84.2 Å². The van der Waals surface area contributed by atoms with Gasteiger partial charge in [-0.15, -0.1) is 0 Å². The van der Waals surface area contributed by atoms with Crippen LogP contribution in [0.4, 0.5) is 5.82 Å². The molecule has 1 aromatic rings. The standard InChI is InChI=1S/C24H39N3O3/c1-2-3-4-5-6-7-8-9-10-11-12-13-14-17-23(29)25-22-18-20-27(24(30)26-22)19-15-16-21-28/h18,20,28H,2-14,17,19,21H2,1H3,(H,25,26,29,30). The van der Waals surface area contributed by atoms with Gasteiger partial charge in [0.1, 0.15) is 12.4 Å². The number of carbonyl (C=O) groups excluding carboxylic acids is 1. The zero-order valence-corrected chi connectivity index (χ0v) is 18.6. The number of nitrogens with one attached hydrogen (secondary N) is 1. The Morgan fingerprint density at radius 2 is 1.53 bits per heavy atom. The van der Waals surface area contributed by atoms with Crippen molar-refractivity contribution in [2.45, 2.75) is 103 Å². The van der Waals surface area contributed by atoms with E-state index in [1.165, 1.54) is 75.2 Å². The number of nitrogens with zero attached hydrogens (tertiary/aromatic N) is 2. The Labute approximate surface area is 181 Å². The molecule has 0 fully saturated rings. The van der Waals surface area contributed by atoms with Crippen molar-refractivity contribution in [1.29, 1.82) is 0 Å². The van der Waals surface area contributed by atoms with Crippen LogP contribution in [0, 0.1) is 11.8 Å². The fourth-order valence-electron chi connectivity index (χ4n) is 3.32. The minimum absolute atomic E-state index is 0.109. The Morgan fingerprint density at radius 3 is 2.07 bits per heavy atom. The van der Waals surface area contributed by atoms with Crippen molar-refractivity contribution in [2.75, 3.05) is 11.9 Å². The summed E-state index contributed by atoms with van der Waals surface area (Å²) in [5.41, 5.74) is -0.471. The van der Waals surface area contributed by atoms with Crippen LogP contribution in [0.1, 0.15) is 96.8 Å². The lowest BCUT2D eigenvalue weighted by atomic mass is 10.0. The van der Waals surface area contributed by atoms with Gasteiger partial charge >= 0.3 is 5.69 Å². The second-order valence-electron chi connectivity index (χ2n) is 7.78. The Balaban J connectivity index is 2.04. The van der Waals surface area contributed by atoms with Crippen LogP contribution in [-0.2, 0) is 11.3 Å². The highest BCUT2D eigenvalue weighted by Gasteiger charge is 2.05. The van der Waals surface area contributed by atoms with Gasteiger partial charge in [-0.1, -0.05) is 95.8 Å². The number of carbonyl (C=O) groups is 1. The average Bonchev–Trinajstić information content (AvgIpc) is 2.73. The Hall–Kier alpha value is -2.13.